The van der Waals surface area contributed by atoms with E-state index in [0.717, 1.165) is 0 Å². The van der Waals surface area contributed by atoms with Gasteiger partial charge in [-0.2, -0.15) is 0 Å². The van der Waals surface area contributed by atoms with Crippen molar-refractivity contribution < 1.29 is 9.53 Å². The fraction of sp³-hybridized carbons (Fsp3) is 0.917. The zero-order valence-corrected chi connectivity index (χ0v) is 10.2. The Bertz CT molecular complexity index is 278. The third kappa shape index (κ3) is 1.96. The van der Waals surface area contributed by atoms with E-state index in [-0.39, 0.29) is 18.0 Å². The van der Waals surface area contributed by atoms with Gasteiger partial charge in [-0.05, 0) is 32.6 Å². The molecule has 2 aliphatic rings. The highest BCUT2D eigenvalue weighted by molar-refractivity contribution is 5.83. The second kappa shape index (κ2) is 4.34. The molecule has 2 rings (SSSR count). The minimum Gasteiger partial charge on any atom is -0.379 e. The summed E-state index contributed by atoms with van der Waals surface area (Å²) in [6.07, 6.45) is 3.77. The maximum absolute atomic E-state index is 12.2. The molecule has 3 atom stereocenters. The van der Waals surface area contributed by atoms with Crippen LogP contribution in [0.15, 0.2) is 0 Å². The molecule has 0 aromatic heterocycles. The van der Waals surface area contributed by atoms with Gasteiger partial charge in [0.25, 0.3) is 0 Å². The van der Waals surface area contributed by atoms with Crippen LogP contribution in [-0.2, 0) is 9.53 Å². The van der Waals surface area contributed by atoms with Crippen molar-refractivity contribution in [2.75, 3.05) is 13.2 Å². The van der Waals surface area contributed by atoms with E-state index in [9.17, 15) is 4.79 Å². The second-order valence-corrected chi connectivity index (χ2v) is 5.49. The summed E-state index contributed by atoms with van der Waals surface area (Å²) in [7, 11) is 0. The maximum Gasteiger partial charge on any atom is 0.230 e. The summed E-state index contributed by atoms with van der Waals surface area (Å²) in [6, 6.07) is 0.0898. The van der Waals surface area contributed by atoms with Gasteiger partial charge in [0.05, 0.1) is 18.6 Å². The molecule has 0 bridgehead atoms. The van der Waals surface area contributed by atoms with Crippen LogP contribution in [0.5, 0.6) is 0 Å². The molecule has 3 unspecified atom stereocenters. The SMILES string of the molecule is CC(NC(=O)C1(C)COCC1N)C1CCC1. The van der Waals surface area contributed by atoms with Gasteiger partial charge in [-0.3, -0.25) is 4.79 Å². The summed E-state index contributed by atoms with van der Waals surface area (Å²) in [5, 5.41) is 3.10. The third-order valence-corrected chi connectivity index (χ3v) is 4.25. The van der Waals surface area contributed by atoms with Crippen LogP contribution in [0.2, 0.25) is 0 Å². The number of ether oxygens (including phenoxy) is 1. The molecule has 1 saturated carbocycles. The highest BCUT2D eigenvalue weighted by Crippen LogP contribution is 2.31. The van der Waals surface area contributed by atoms with Gasteiger partial charge >= 0.3 is 0 Å². The lowest BCUT2D eigenvalue weighted by Crippen LogP contribution is -2.53. The first-order chi connectivity index (χ1) is 7.54. The molecule has 0 radical (unpaired) electrons. The average molecular weight is 226 g/mol. The topological polar surface area (TPSA) is 64.3 Å². The van der Waals surface area contributed by atoms with E-state index in [2.05, 4.69) is 12.2 Å². The standard InChI is InChI=1S/C12H22N2O2/c1-8(9-4-3-5-9)14-11(15)12(2)7-16-6-10(12)13/h8-10H,3-7,13H2,1-2H3,(H,14,15). The van der Waals surface area contributed by atoms with Crippen molar-refractivity contribution in [3.05, 3.63) is 0 Å². The van der Waals surface area contributed by atoms with Crippen LogP contribution in [-0.4, -0.2) is 31.2 Å². The molecular weight excluding hydrogens is 204 g/mol. The molecule has 4 heteroatoms. The first kappa shape index (κ1) is 11.9. The fourth-order valence-corrected chi connectivity index (χ4v) is 2.35. The van der Waals surface area contributed by atoms with Crippen molar-refractivity contribution in [3.63, 3.8) is 0 Å². The summed E-state index contributed by atoms with van der Waals surface area (Å²) < 4.78 is 5.29. The quantitative estimate of drug-likeness (QED) is 0.743. The number of hydrogen-bond donors (Lipinski definition) is 2. The van der Waals surface area contributed by atoms with Gasteiger partial charge in [0.2, 0.25) is 5.91 Å². The van der Waals surface area contributed by atoms with Crippen LogP contribution in [0.3, 0.4) is 0 Å². The van der Waals surface area contributed by atoms with Gasteiger partial charge in [0.15, 0.2) is 0 Å². The van der Waals surface area contributed by atoms with Crippen LogP contribution in [0.1, 0.15) is 33.1 Å². The molecule has 1 amide bonds. The molecule has 0 spiro atoms. The van der Waals surface area contributed by atoms with E-state index < -0.39 is 5.41 Å². The number of carbonyl (C=O) groups is 1. The molecule has 3 N–H and O–H groups in total. The predicted octanol–water partition coefficient (Wildman–Crippen LogP) is 0.655. The molecule has 16 heavy (non-hydrogen) atoms. The Morgan fingerprint density at radius 2 is 2.25 bits per heavy atom. The van der Waals surface area contributed by atoms with Gasteiger partial charge in [0, 0.05) is 12.1 Å². The molecule has 1 aliphatic heterocycles. The van der Waals surface area contributed by atoms with Crippen LogP contribution in [0.25, 0.3) is 0 Å². The van der Waals surface area contributed by atoms with E-state index in [0.29, 0.717) is 19.1 Å². The van der Waals surface area contributed by atoms with E-state index in [1.54, 1.807) is 0 Å². The lowest BCUT2D eigenvalue weighted by molar-refractivity contribution is -0.131. The molecular formula is C12H22N2O2. The summed E-state index contributed by atoms with van der Waals surface area (Å²) >= 11 is 0. The van der Waals surface area contributed by atoms with Gasteiger partial charge in [0.1, 0.15) is 0 Å². The van der Waals surface area contributed by atoms with E-state index in [1.165, 1.54) is 19.3 Å². The van der Waals surface area contributed by atoms with Crippen LogP contribution in [0.4, 0.5) is 0 Å². The van der Waals surface area contributed by atoms with Crippen LogP contribution >= 0.6 is 0 Å². The van der Waals surface area contributed by atoms with Crippen molar-refractivity contribution in [1.29, 1.82) is 0 Å². The summed E-state index contributed by atoms with van der Waals surface area (Å²) in [5.41, 5.74) is 5.38. The summed E-state index contributed by atoms with van der Waals surface area (Å²) in [6.45, 7) is 4.92. The van der Waals surface area contributed by atoms with E-state index in [1.807, 2.05) is 6.92 Å². The van der Waals surface area contributed by atoms with Gasteiger partial charge < -0.3 is 15.8 Å². The maximum atomic E-state index is 12.2. The fourth-order valence-electron chi connectivity index (χ4n) is 2.35. The molecule has 92 valence electrons. The molecule has 0 aromatic carbocycles. The molecule has 1 aliphatic carbocycles. The summed E-state index contributed by atoms with van der Waals surface area (Å²) in [5.74, 6) is 0.711. The normalized spacial score (nSPS) is 36.8. The Morgan fingerprint density at radius 3 is 2.69 bits per heavy atom. The third-order valence-electron chi connectivity index (χ3n) is 4.25. The minimum atomic E-state index is -0.544. The number of amides is 1. The number of rotatable bonds is 3. The average Bonchev–Trinajstić information content (AvgIpc) is 2.45. The highest BCUT2D eigenvalue weighted by Gasteiger charge is 2.45. The number of carbonyl (C=O) groups excluding carboxylic acids is 1. The first-order valence-electron chi connectivity index (χ1n) is 6.18. The molecule has 2 fully saturated rings. The Hall–Kier alpha value is -0.610. The Labute approximate surface area is 96.9 Å². The predicted molar refractivity (Wildman–Crippen MR) is 61.8 cm³/mol. The zero-order chi connectivity index (χ0) is 11.8. The lowest BCUT2D eigenvalue weighted by atomic mass is 9.79. The van der Waals surface area contributed by atoms with E-state index >= 15 is 0 Å². The zero-order valence-electron chi connectivity index (χ0n) is 10.2. The Morgan fingerprint density at radius 1 is 1.56 bits per heavy atom. The Kier molecular flexibility index (Phi) is 3.22. The van der Waals surface area contributed by atoms with E-state index in [4.69, 9.17) is 10.5 Å². The Balaban J connectivity index is 1.91. The van der Waals surface area contributed by atoms with Crippen molar-refractivity contribution in [3.8, 4) is 0 Å². The van der Waals surface area contributed by atoms with Crippen molar-refractivity contribution in [1.82, 2.24) is 5.32 Å². The number of nitrogens with two attached hydrogens (primary N) is 1. The van der Waals surface area contributed by atoms with Gasteiger partial charge in [-0.1, -0.05) is 6.42 Å². The van der Waals surface area contributed by atoms with Gasteiger partial charge in [-0.15, -0.1) is 0 Å². The first-order valence-corrected chi connectivity index (χ1v) is 6.18. The van der Waals surface area contributed by atoms with Crippen molar-refractivity contribution >= 4 is 5.91 Å². The summed E-state index contributed by atoms with van der Waals surface area (Å²) in [4.78, 5) is 12.2. The van der Waals surface area contributed by atoms with Crippen LogP contribution < -0.4 is 11.1 Å². The molecule has 0 aromatic rings. The van der Waals surface area contributed by atoms with Crippen molar-refractivity contribution in [2.45, 2.75) is 45.2 Å². The minimum absolute atomic E-state index is 0.0527. The highest BCUT2D eigenvalue weighted by atomic mass is 16.5. The van der Waals surface area contributed by atoms with Crippen molar-refractivity contribution in [2.24, 2.45) is 17.1 Å². The van der Waals surface area contributed by atoms with Crippen LogP contribution in [0, 0.1) is 11.3 Å². The smallest absolute Gasteiger partial charge is 0.230 e. The largest absolute Gasteiger partial charge is 0.379 e. The number of nitrogens with one attached hydrogen (secondary N) is 1. The second-order valence-electron chi connectivity index (χ2n) is 5.49. The molecule has 1 heterocycles. The monoisotopic (exact) mass is 226 g/mol. The number of hydrogen-bond acceptors (Lipinski definition) is 3. The molecule has 1 saturated heterocycles. The van der Waals surface area contributed by atoms with Gasteiger partial charge in [-0.25, -0.2) is 0 Å². The lowest BCUT2D eigenvalue weighted by Gasteiger charge is -2.34. The molecule has 4 nitrogen and oxygen atoms in total.